The summed E-state index contributed by atoms with van der Waals surface area (Å²) in [5, 5.41) is 9.55. The average molecular weight is 269 g/mol. The topological polar surface area (TPSA) is 49.8 Å². The van der Waals surface area contributed by atoms with Crippen LogP contribution in [-0.4, -0.2) is 36.6 Å². The van der Waals surface area contributed by atoms with Gasteiger partial charge in [0.1, 0.15) is 11.6 Å². The lowest BCUT2D eigenvalue weighted by Crippen LogP contribution is -2.21. The molecule has 0 saturated heterocycles. The van der Waals surface area contributed by atoms with Crippen molar-refractivity contribution in [2.75, 3.05) is 20.7 Å². The quantitative estimate of drug-likeness (QED) is 0.805. The van der Waals surface area contributed by atoms with Crippen molar-refractivity contribution in [1.29, 1.82) is 0 Å². The van der Waals surface area contributed by atoms with Gasteiger partial charge >= 0.3 is 0 Å². The highest BCUT2D eigenvalue weighted by molar-refractivity contribution is 5.75. The van der Waals surface area contributed by atoms with Crippen LogP contribution in [0.15, 0.2) is 18.2 Å². The van der Waals surface area contributed by atoms with Crippen LogP contribution in [0, 0.1) is 5.82 Å². The summed E-state index contributed by atoms with van der Waals surface area (Å²) < 4.78 is 18.6. The van der Waals surface area contributed by atoms with Gasteiger partial charge in [-0.1, -0.05) is 0 Å². The second-order valence-electron chi connectivity index (χ2n) is 4.60. The van der Waals surface area contributed by atoms with Crippen molar-refractivity contribution >= 4 is 5.91 Å². The second kappa shape index (κ2) is 7.09. The van der Waals surface area contributed by atoms with E-state index in [0.717, 1.165) is 0 Å². The Morgan fingerprint density at radius 3 is 2.74 bits per heavy atom. The van der Waals surface area contributed by atoms with Gasteiger partial charge in [-0.3, -0.25) is 4.79 Å². The Morgan fingerprint density at radius 2 is 2.16 bits per heavy atom. The van der Waals surface area contributed by atoms with Gasteiger partial charge in [-0.05, 0) is 25.5 Å². The van der Waals surface area contributed by atoms with Crippen LogP contribution in [0.2, 0.25) is 0 Å². The lowest BCUT2D eigenvalue weighted by Gasteiger charge is -2.14. The molecule has 0 aliphatic heterocycles. The maximum atomic E-state index is 13.1. The number of nitrogens with zero attached hydrogens (tertiary/aromatic N) is 1. The van der Waals surface area contributed by atoms with Gasteiger partial charge in [0.05, 0.1) is 12.7 Å². The molecular weight excluding hydrogens is 249 g/mol. The van der Waals surface area contributed by atoms with Crippen molar-refractivity contribution in [1.82, 2.24) is 4.90 Å². The number of amides is 1. The number of aliphatic hydroxyl groups is 1. The number of hydrogen-bond acceptors (Lipinski definition) is 3. The van der Waals surface area contributed by atoms with E-state index in [-0.39, 0.29) is 5.91 Å². The standard InChI is InChI=1S/C14H20FNO3/c1-10(17)12-7-6-11(15)9-13(12)19-8-4-5-14(18)16(2)3/h6-7,9-10,17H,4-5,8H2,1-3H3/t10-/m0/s1. The summed E-state index contributed by atoms with van der Waals surface area (Å²) in [5.74, 6) is -0.0605. The average Bonchev–Trinajstić information content (AvgIpc) is 2.33. The summed E-state index contributed by atoms with van der Waals surface area (Å²) >= 11 is 0. The summed E-state index contributed by atoms with van der Waals surface area (Å²) in [6, 6.07) is 4.03. The fourth-order valence-electron chi connectivity index (χ4n) is 1.61. The predicted molar refractivity (Wildman–Crippen MR) is 70.5 cm³/mol. The molecule has 1 aromatic rings. The first-order valence-corrected chi connectivity index (χ1v) is 6.22. The van der Waals surface area contributed by atoms with Crippen molar-refractivity contribution in [3.63, 3.8) is 0 Å². The molecule has 0 spiro atoms. The highest BCUT2D eigenvalue weighted by Gasteiger charge is 2.11. The molecule has 1 N–H and O–H groups in total. The normalized spacial score (nSPS) is 12.1. The molecule has 19 heavy (non-hydrogen) atoms. The monoisotopic (exact) mass is 269 g/mol. The molecule has 0 bridgehead atoms. The molecule has 0 unspecified atom stereocenters. The molecule has 0 radical (unpaired) electrons. The summed E-state index contributed by atoms with van der Waals surface area (Å²) in [6.45, 7) is 1.90. The summed E-state index contributed by atoms with van der Waals surface area (Å²) in [4.78, 5) is 12.9. The molecule has 0 aliphatic rings. The zero-order valence-corrected chi connectivity index (χ0v) is 11.5. The first kappa shape index (κ1) is 15.4. The minimum atomic E-state index is -0.723. The molecule has 106 valence electrons. The van der Waals surface area contributed by atoms with Crippen molar-refractivity contribution in [3.05, 3.63) is 29.6 Å². The maximum absolute atomic E-state index is 13.1. The van der Waals surface area contributed by atoms with Crippen LogP contribution in [0.25, 0.3) is 0 Å². The van der Waals surface area contributed by atoms with Gasteiger partial charge in [0.25, 0.3) is 0 Å². The van der Waals surface area contributed by atoms with Crippen molar-refractivity contribution in [2.45, 2.75) is 25.9 Å². The van der Waals surface area contributed by atoms with Crippen molar-refractivity contribution < 1.29 is 19.0 Å². The Balaban J connectivity index is 2.53. The molecule has 0 aromatic heterocycles. The van der Waals surface area contributed by atoms with Crippen LogP contribution in [-0.2, 0) is 4.79 Å². The first-order chi connectivity index (χ1) is 8.91. The second-order valence-corrected chi connectivity index (χ2v) is 4.60. The smallest absolute Gasteiger partial charge is 0.222 e. The largest absolute Gasteiger partial charge is 0.493 e. The van der Waals surface area contributed by atoms with E-state index in [1.165, 1.54) is 23.1 Å². The van der Waals surface area contributed by atoms with Gasteiger partial charge in [-0.15, -0.1) is 0 Å². The fraction of sp³-hybridized carbons (Fsp3) is 0.500. The molecule has 1 rings (SSSR count). The summed E-state index contributed by atoms with van der Waals surface area (Å²) in [7, 11) is 3.39. The van der Waals surface area contributed by atoms with E-state index in [0.29, 0.717) is 30.8 Å². The van der Waals surface area contributed by atoms with E-state index in [1.54, 1.807) is 21.0 Å². The Morgan fingerprint density at radius 1 is 1.47 bits per heavy atom. The number of hydrogen-bond donors (Lipinski definition) is 1. The number of halogens is 1. The third-order valence-corrected chi connectivity index (χ3v) is 2.72. The van der Waals surface area contributed by atoms with E-state index in [2.05, 4.69) is 0 Å². The summed E-state index contributed by atoms with van der Waals surface area (Å²) in [5.41, 5.74) is 0.542. The number of aliphatic hydroxyl groups excluding tert-OH is 1. The Hall–Kier alpha value is -1.62. The van der Waals surface area contributed by atoms with Crippen LogP contribution in [0.5, 0.6) is 5.75 Å². The third kappa shape index (κ3) is 4.87. The molecule has 5 heteroatoms. The Labute approximate surface area is 112 Å². The van der Waals surface area contributed by atoms with E-state index >= 15 is 0 Å². The van der Waals surface area contributed by atoms with Gasteiger partial charge in [0.2, 0.25) is 5.91 Å². The van der Waals surface area contributed by atoms with Crippen LogP contribution in [0.3, 0.4) is 0 Å². The van der Waals surface area contributed by atoms with Crippen LogP contribution in [0.4, 0.5) is 4.39 Å². The minimum Gasteiger partial charge on any atom is -0.493 e. The number of benzene rings is 1. The Kier molecular flexibility index (Phi) is 5.76. The maximum Gasteiger partial charge on any atom is 0.222 e. The number of carbonyl (C=O) groups excluding carboxylic acids is 1. The molecule has 1 atom stereocenters. The molecule has 4 nitrogen and oxygen atoms in total. The van der Waals surface area contributed by atoms with Gasteiger partial charge < -0.3 is 14.7 Å². The molecular formula is C14H20FNO3. The van der Waals surface area contributed by atoms with E-state index in [1.807, 2.05) is 0 Å². The zero-order chi connectivity index (χ0) is 14.4. The van der Waals surface area contributed by atoms with Gasteiger partial charge in [-0.25, -0.2) is 4.39 Å². The lowest BCUT2D eigenvalue weighted by molar-refractivity contribution is -0.128. The third-order valence-electron chi connectivity index (χ3n) is 2.72. The fourth-order valence-corrected chi connectivity index (χ4v) is 1.61. The zero-order valence-electron chi connectivity index (χ0n) is 11.5. The highest BCUT2D eigenvalue weighted by atomic mass is 19.1. The van der Waals surface area contributed by atoms with Crippen molar-refractivity contribution in [3.8, 4) is 5.75 Å². The van der Waals surface area contributed by atoms with E-state index in [9.17, 15) is 14.3 Å². The number of rotatable bonds is 6. The molecule has 1 amide bonds. The molecule has 0 aliphatic carbocycles. The predicted octanol–water partition coefficient (Wildman–Crippen LogP) is 2.13. The first-order valence-electron chi connectivity index (χ1n) is 6.22. The molecule has 1 aromatic carbocycles. The van der Waals surface area contributed by atoms with Gasteiger partial charge in [-0.2, -0.15) is 0 Å². The van der Waals surface area contributed by atoms with Gasteiger partial charge in [0, 0.05) is 32.1 Å². The number of carbonyl (C=O) groups is 1. The van der Waals surface area contributed by atoms with Crippen LogP contribution < -0.4 is 4.74 Å². The van der Waals surface area contributed by atoms with Crippen LogP contribution >= 0.6 is 0 Å². The minimum absolute atomic E-state index is 0.0265. The van der Waals surface area contributed by atoms with Crippen LogP contribution in [0.1, 0.15) is 31.4 Å². The van der Waals surface area contributed by atoms with Crippen molar-refractivity contribution in [2.24, 2.45) is 0 Å². The molecule has 0 heterocycles. The van der Waals surface area contributed by atoms with Gasteiger partial charge in [0.15, 0.2) is 0 Å². The molecule has 0 saturated carbocycles. The SMILES string of the molecule is C[C@H](O)c1ccc(F)cc1OCCCC(=O)N(C)C. The number of ether oxygens (including phenoxy) is 1. The molecule has 0 fully saturated rings. The Bertz CT molecular complexity index is 433. The van der Waals surface area contributed by atoms with E-state index in [4.69, 9.17) is 4.74 Å². The summed E-state index contributed by atoms with van der Waals surface area (Å²) in [6.07, 6.45) is 0.207. The lowest BCUT2D eigenvalue weighted by atomic mass is 10.1. The highest BCUT2D eigenvalue weighted by Crippen LogP contribution is 2.26. The van der Waals surface area contributed by atoms with E-state index < -0.39 is 11.9 Å².